The molecule has 0 fully saturated rings. The van der Waals surface area contributed by atoms with Crippen LogP contribution in [-0.2, 0) is 6.42 Å². The Morgan fingerprint density at radius 3 is 2.65 bits per heavy atom. The topological polar surface area (TPSA) is 83.5 Å². The van der Waals surface area contributed by atoms with E-state index in [1.54, 1.807) is 6.20 Å². The average molecular weight is 430 g/mol. The number of aliphatic hydroxyl groups is 1. The van der Waals surface area contributed by atoms with Crippen molar-refractivity contribution >= 4 is 29.9 Å². The van der Waals surface area contributed by atoms with Crippen LogP contribution >= 0.6 is 24.0 Å². The summed E-state index contributed by atoms with van der Waals surface area (Å²) in [6, 6.07) is 11.4. The number of aliphatic imine (C=N–C) groups is 1. The molecule has 0 spiro atoms. The van der Waals surface area contributed by atoms with Crippen molar-refractivity contribution in [2.24, 2.45) is 10.7 Å². The van der Waals surface area contributed by atoms with E-state index in [0.29, 0.717) is 12.1 Å². The van der Waals surface area contributed by atoms with E-state index < -0.39 is 6.10 Å². The number of pyridine rings is 1. The number of halogens is 2. The molecule has 2 rings (SSSR count). The van der Waals surface area contributed by atoms with Gasteiger partial charge in [-0.1, -0.05) is 18.2 Å². The van der Waals surface area contributed by atoms with Crippen LogP contribution < -0.4 is 11.1 Å². The monoisotopic (exact) mass is 430 g/mol. The Bertz CT molecular complexity index is 607. The zero-order valence-corrected chi connectivity index (χ0v) is 14.9. The fraction of sp³-hybridized carbons (Fsp3) is 0.250. The highest BCUT2D eigenvalue weighted by molar-refractivity contribution is 14.0. The van der Waals surface area contributed by atoms with Gasteiger partial charge >= 0.3 is 0 Å². The van der Waals surface area contributed by atoms with Crippen LogP contribution in [0.5, 0.6) is 0 Å². The first-order valence-corrected chi connectivity index (χ1v) is 7.02. The Kier molecular flexibility index (Phi) is 8.49. The van der Waals surface area contributed by atoms with Gasteiger partial charge in [-0.15, -0.1) is 24.0 Å². The van der Waals surface area contributed by atoms with Gasteiger partial charge in [-0.05, 0) is 29.8 Å². The fourth-order valence-electron chi connectivity index (χ4n) is 1.90. The van der Waals surface area contributed by atoms with E-state index in [1.807, 2.05) is 18.2 Å². The van der Waals surface area contributed by atoms with Gasteiger partial charge in [0.15, 0.2) is 5.96 Å². The average Bonchev–Trinajstić information content (AvgIpc) is 2.54. The molecule has 0 radical (unpaired) electrons. The summed E-state index contributed by atoms with van der Waals surface area (Å²) < 4.78 is 12.8. The Morgan fingerprint density at radius 1 is 1.26 bits per heavy atom. The summed E-state index contributed by atoms with van der Waals surface area (Å²) in [6.07, 6.45) is 1.67. The van der Waals surface area contributed by atoms with Crippen LogP contribution in [0.4, 0.5) is 4.39 Å². The molecule has 0 amide bonds. The number of nitrogens with zero attached hydrogens (tertiary/aromatic N) is 2. The first kappa shape index (κ1) is 19.3. The normalized spacial score (nSPS) is 12.3. The summed E-state index contributed by atoms with van der Waals surface area (Å²) in [5, 5.41) is 12.9. The quantitative estimate of drug-likeness (QED) is 0.372. The highest BCUT2D eigenvalue weighted by Crippen LogP contribution is 2.13. The van der Waals surface area contributed by atoms with Crippen molar-refractivity contribution in [2.45, 2.75) is 12.5 Å². The maximum absolute atomic E-state index is 12.8. The molecule has 4 N–H and O–H groups in total. The molecule has 1 atom stereocenters. The zero-order chi connectivity index (χ0) is 15.8. The number of rotatable bonds is 6. The third-order valence-corrected chi connectivity index (χ3v) is 3.10. The van der Waals surface area contributed by atoms with Gasteiger partial charge in [0.05, 0.1) is 12.6 Å². The number of nitrogens with one attached hydrogen (secondary N) is 1. The molecule has 2 aromatic rings. The van der Waals surface area contributed by atoms with Crippen molar-refractivity contribution in [1.82, 2.24) is 10.3 Å². The van der Waals surface area contributed by atoms with E-state index in [2.05, 4.69) is 15.3 Å². The molecular weight excluding hydrogens is 410 g/mol. The molecule has 23 heavy (non-hydrogen) atoms. The molecule has 0 aliphatic carbocycles. The number of guanidine groups is 1. The Morgan fingerprint density at radius 2 is 2.00 bits per heavy atom. The predicted octanol–water partition coefficient (Wildman–Crippen LogP) is 2.02. The summed E-state index contributed by atoms with van der Waals surface area (Å²) in [5.74, 6) is -0.0766. The molecule has 1 aromatic heterocycles. The van der Waals surface area contributed by atoms with E-state index in [-0.39, 0.29) is 42.3 Å². The lowest BCUT2D eigenvalue weighted by Gasteiger charge is -2.09. The van der Waals surface area contributed by atoms with Gasteiger partial charge < -0.3 is 16.2 Å². The number of aromatic nitrogens is 1. The summed E-state index contributed by atoms with van der Waals surface area (Å²) in [6.45, 7) is 0.729. The molecule has 1 heterocycles. The van der Waals surface area contributed by atoms with Crippen LogP contribution in [0.1, 0.15) is 17.4 Å². The van der Waals surface area contributed by atoms with Gasteiger partial charge in [0, 0.05) is 24.9 Å². The molecule has 0 aliphatic heterocycles. The molecule has 0 saturated carbocycles. The van der Waals surface area contributed by atoms with Gasteiger partial charge in [0.25, 0.3) is 0 Å². The van der Waals surface area contributed by atoms with E-state index in [9.17, 15) is 9.50 Å². The van der Waals surface area contributed by atoms with Crippen LogP contribution in [0.2, 0.25) is 0 Å². The first-order valence-electron chi connectivity index (χ1n) is 7.02. The van der Waals surface area contributed by atoms with Gasteiger partial charge in [-0.25, -0.2) is 4.39 Å². The molecule has 0 saturated heterocycles. The van der Waals surface area contributed by atoms with Gasteiger partial charge in [0.2, 0.25) is 0 Å². The van der Waals surface area contributed by atoms with Crippen molar-refractivity contribution in [2.75, 3.05) is 13.1 Å². The Labute approximate surface area is 151 Å². The van der Waals surface area contributed by atoms with Crippen molar-refractivity contribution < 1.29 is 9.50 Å². The van der Waals surface area contributed by atoms with Crippen LogP contribution in [0.25, 0.3) is 0 Å². The third kappa shape index (κ3) is 6.91. The minimum atomic E-state index is -0.809. The summed E-state index contributed by atoms with van der Waals surface area (Å²) in [5.41, 5.74) is 7.31. The molecule has 1 aromatic carbocycles. The third-order valence-electron chi connectivity index (χ3n) is 3.10. The van der Waals surface area contributed by atoms with Crippen molar-refractivity contribution in [3.8, 4) is 0 Å². The number of hydrogen-bond acceptors (Lipinski definition) is 3. The molecule has 0 bridgehead atoms. The number of hydrogen-bond donors (Lipinski definition) is 3. The van der Waals surface area contributed by atoms with Crippen LogP contribution in [0, 0.1) is 5.82 Å². The van der Waals surface area contributed by atoms with Crippen molar-refractivity contribution in [1.29, 1.82) is 0 Å². The standard InChI is InChI=1S/C16H19FN4O.HI/c17-13-6-4-12(5-7-13)15(22)11-21-16(18)20-10-8-14-3-1-2-9-19-14;/h1-7,9,15,22H,8,10-11H2,(H3,18,20,21);1H. The lowest BCUT2D eigenvalue weighted by Crippen LogP contribution is -2.33. The number of nitrogens with two attached hydrogens (primary N) is 1. The van der Waals surface area contributed by atoms with Gasteiger partial charge in [-0.3, -0.25) is 9.98 Å². The van der Waals surface area contributed by atoms with Crippen LogP contribution in [0.3, 0.4) is 0 Å². The summed E-state index contributed by atoms with van der Waals surface area (Å²) in [7, 11) is 0. The fourth-order valence-corrected chi connectivity index (χ4v) is 1.90. The van der Waals surface area contributed by atoms with Crippen LogP contribution in [0.15, 0.2) is 53.7 Å². The zero-order valence-electron chi connectivity index (χ0n) is 12.5. The molecule has 7 heteroatoms. The largest absolute Gasteiger partial charge is 0.386 e. The maximum Gasteiger partial charge on any atom is 0.188 e. The van der Waals surface area contributed by atoms with Crippen LogP contribution in [-0.4, -0.2) is 29.1 Å². The minimum absolute atomic E-state index is 0. The van der Waals surface area contributed by atoms with E-state index in [4.69, 9.17) is 5.73 Å². The molecule has 5 nitrogen and oxygen atoms in total. The van der Waals surface area contributed by atoms with E-state index in [0.717, 1.165) is 12.1 Å². The molecule has 1 unspecified atom stereocenters. The number of aliphatic hydroxyl groups excluding tert-OH is 1. The minimum Gasteiger partial charge on any atom is -0.386 e. The molecule has 124 valence electrons. The summed E-state index contributed by atoms with van der Waals surface area (Å²) in [4.78, 5) is 8.28. The first-order chi connectivity index (χ1) is 10.6. The van der Waals surface area contributed by atoms with Gasteiger partial charge in [0.1, 0.15) is 5.82 Å². The van der Waals surface area contributed by atoms with Gasteiger partial charge in [-0.2, -0.15) is 0 Å². The summed E-state index contributed by atoms with van der Waals surface area (Å²) >= 11 is 0. The second kappa shape index (κ2) is 10.1. The molecule has 0 aliphatic rings. The Hall–Kier alpha value is -1.74. The lowest BCUT2D eigenvalue weighted by molar-refractivity contribution is 0.187. The predicted molar refractivity (Wildman–Crippen MR) is 99.2 cm³/mol. The number of benzene rings is 1. The second-order valence-corrected chi connectivity index (χ2v) is 4.79. The van der Waals surface area contributed by atoms with E-state index in [1.165, 1.54) is 24.3 Å². The van der Waals surface area contributed by atoms with E-state index >= 15 is 0 Å². The smallest absolute Gasteiger partial charge is 0.188 e. The SMILES string of the molecule is I.NC(=NCC(O)c1ccc(F)cc1)NCCc1ccccn1. The lowest BCUT2D eigenvalue weighted by atomic mass is 10.1. The Balaban J connectivity index is 0.00000264. The molecular formula is C16H20FIN4O. The second-order valence-electron chi connectivity index (χ2n) is 4.79. The highest BCUT2D eigenvalue weighted by atomic mass is 127. The maximum atomic E-state index is 12.8. The highest BCUT2D eigenvalue weighted by Gasteiger charge is 2.06. The van der Waals surface area contributed by atoms with Crippen molar-refractivity contribution in [3.05, 3.63) is 65.7 Å². The van der Waals surface area contributed by atoms with Crippen molar-refractivity contribution in [3.63, 3.8) is 0 Å².